The van der Waals surface area contributed by atoms with E-state index in [1.165, 1.54) is 16.9 Å². The monoisotopic (exact) mass is 350 g/mol. The molecule has 0 aliphatic rings. The second kappa shape index (κ2) is 6.72. The first-order valence-corrected chi connectivity index (χ1v) is 9.32. The van der Waals surface area contributed by atoms with E-state index in [4.69, 9.17) is 0 Å². The molecule has 0 atom stereocenters. The van der Waals surface area contributed by atoms with Crippen LogP contribution in [0.3, 0.4) is 0 Å². The molecule has 0 aliphatic carbocycles. The minimum atomic E-state index is -0.0236. The van der Waals surface area contributed by atoms with Gasteiger partial charge in [-0.1, -0.05) is 40.5 Å². The average Bonchev–Trinajstić information content (AvgIpc) is 3.04. The molecule has 8 heteroatoms. The first-order valence-electron chi connectivity index (χ1n) is 6.70. The molecule has 1 N–H and O–H groups in total. The summed E-state index contributed by atoms with van der Waals surface area (Å²) in [6, 6.07) is 6.08. The Morgan fingerprint density at radius 3 is 2.91 bits per heavy atom. The predicted octanol–water partition coefficient (Wildman–Crippen LogP) is 3.89. The molecule has 3 rings (SSSR count). The van der Waals surface area contributed by atoms with Crippen molar-refractivity contribution >= 4 is 55.7 Å². The van der Waals surface area contributed by atoms with Gasteiger partial charge in [0.15, 0.2) is 9.47 Å². The van der Waals surface area contributed by atoms with Gasteiger partial charge in [0.25, 0.3) is 0 Å². The standard InChI is InChI=1S/C14H14N4OS3/c1-8-3-4-10-11(7-8)22-13(15-10)16-12(19)5-6-20-14-18-17-9(2)21-14/h3-4,7H,5-6H2,1-2H3,(H,15,16,19). The summed E-state index contributed by atoms with van der Waals surface area (Å²) < 4.78 is 2.00. The van der Waals surface area contributed by atoms with E-state index in [9.17, 15) is 4.79 Å². The SMILES string of the molecule is Cc1ccc2nc(NC(=O)CCSc3nnc(C)s3)sc2c1. The van der Waals surface area contributed by atoms with E-state index >= 15 is 0 Å². The molecule has 0 aliphatic heterocycles. The van der Waals surface area contributed by atoms with Gasteiger partial charge in [0.2, 0.25) is 5.91 Å². The van der Waals surface area contributed by atoms with E-state index in [0.29, 0.717) is 17.3 Å². The number of amides is 1. The van der Waals surface area contributed by atoms with Gasteiger partial charge >= 0.3 is 0 Å². The van der Waals surface area contributed by atoms with Crippen LogP contribution in [0, 0.1) is 13.8 Å². The molecule has 0 fully saturated rings. The van der Waals surface area contributed by atoms with Crippen molar-refractivity contribution in [1.82, 2.24) is 15.2 Å². The number of hydrogen-bond donors (Lipinski definition) is 1. The highest BCUT2D eigenvalue weighted by Gasteiger charge is 2.09. The Labute approximate surface area is 140 Å². The molecule has 1 aromatic carbocycles. The van der Waals surface area contributed by atoms with Gasteiger partial charge in [0, 0.05) is 12.2 Å². The normalized spacial score (nSPS) is 11.0. The first-order chi connectivity index (χ1) is 10.6. The molecule has 0 unspecified atom stereocenters. The second-order valence-corrected chi connectivity index (χ2v) is 8.28. The van der Waals surface area contributed by atoms with Crippen LogP contribution < -0.4 is 5.32 Å². The molecular formula is C14H14N4OS3. The van der Waals surface area contributed by atoms with E-state index in [1.54, 1.807) is 23.1 Å². The molecule has 0 spiro atoms. The highest BCUT2D eigenvalue weighted by molar-refractivity contribution is 8.01. The molecule has 0 radical (unpaired) electrons. The summed E-state index contributed by atoms with van der Waals surface area (Å²) >= 11 is 4.60. The van der Waals surface area contributed by atoms with E-state index in [0.717, 1.165) is 19.6 Å². The number of fused-ring (bicyclic) bond motifs is 1. The number of anilines is 1. The van der Waals surface area contributed by atoms with Crippen LogP contribution in [0.25, 0.3) is 10.2 Å². The number of thioether (sulfide) groups is 1. The van der Waals surface area contributed by atoms with Crippen LogP contribution in [0.4, 0.5) is 5.13 Å². The summed E-state index contributed by atoms with van der Waals surface area (Å²) in [5, 5.41) is 12.4. The Kier molecular flexibility index (Phi) is 4.70. The number of rotatable bonds is 5. The van der Waals surface area contributed by atoms with Crippen molar-refractivity contribution in [3.63, 3.8) is 0 Å². The second-order valence-electron chi connectivity index (χ2n) is 4.72. The van der Waals surface area contributed by atoms with Crippen LogP contribution in [0.5, 0.6) is 0 Å². The predicted molar refractivity (Wildman–Crippen MR) is 93.0 cm³/mol. The van der Waals surface area contributed by atoms with Gasteiger partial charge in [-0.3, -0.25) is 4.79 Å². The Bertz CT molecular complexity index is 811. The van der Waals surface area contributed by atoms with Crippen LogP contribution in [-0.4, -0.2) is 26.8 Å². The minimum absolute atomic E-state index is 0.0236. The van der Waals surface area contributed by atoms with E-state index in [2.05, 4.69) is 26.6 Å². The maximum Gasteiger partial charge on any atom is 0.226 e. The summed E-state index contributed by atoms with van der Waals surface area (Å²) in [5.41, 5.74) is 2.11. The van der Waals surface area contributed by atoms with Gasteiger partial charge in [-0.2, -0.15) is 0 Å². The van der Waals surface area contributed by atoms with Crippen molar-refractivity contribution in [2.24, 2.45) is 0 Å². The fourth-order valence-corrected chi connectivity index (χ4v) is 4.64. The third kappa shape index (κ3) is 3.82. The number of carbonyl (C=O) groups excluding carboxylic acids is 1. The minimum Gasteiger partial charge on any atom is -0.302 e. The van der Waals surface area contributed by atoms with Gasteiger partial charge in [-0.05, 0) is 31.5 Å². The van der Waals surface area contributed by atoms with E-state index in [1.807, 2.05) is 26.0 Å². The zero-order chi connectivity index (χ0) is 15.5. The molecule has 22 heavy (non-hydrogen) atoms. The van der Waals surface area contributed by atoms with Crippen molar-refractivity contribution in [3.05, 3.63) is 28.8 Å². The van der Waals surface area contributed by atoms with Gasteiger partial charge in [-0.15, -0.1) is 10.2 Å². The lowest BCUT2D eigenvalue weighted by atomic mass is 10.2. The Hall–Kier alpha value is -1.51. The lowest BCUT2D eigenvalue weighted by Crippen LogP contribution is -2.11. The maximum absolute atomic E-state index is 12.0. The lowest BCUT2D eigenvalue weighted by molar-refractivity contribution is -0.115. The molecule has 0 saturated carbocycles. The van der Waals surface area contributed by atoms with Crippen molar-refractivity contribution in [2.75, 3.05) is 11.1 Å². The fourth-order valence-electron chi connectivity index (χ4n) is 1.83. The molecule has 3 aromatic rings. The van der Waals surface area contributed by atoms with E-state index in [-0.39, 0.29) is 5.91 Å². The largest absolute Gasteiger partial charge is 0.302 e. The van der Waals surface area contributed by atoms with Gasteiger partial charge in [0.05, 0.1) is 10.2 Å². The lowest BCUT2D eigenvalue weighted by Gasteiger charge is -1.99. The van der Waals surface area contributed by atoms with Crippen molar-refractivity contribution < 1.29 is 4.79 Å². The number of aromatic nitrogens is 3. The molecule has 0 bridgehead atoms. The highest BCUT2D eigenvalue weighted by atomic mass is 32.2. The summed E-state index contributed by atoms with van der Waals surface area (Å²) in [6.07, 6.45) is 0.429. The number of thiazole rings is 1. The topological polar surface area (TPSA) is 67.8 Å². The Morgan fingerprint density at radius 2 is 2.14 bits per heavy atom. The molecule has 2 aromatic heterocycles. The van der Waals surface area contributed by atoms with Crippen LogP contribution in [-0.2, 0) is 4.79 Å². The molecule has 5 nitrogen and oxygen atoms in total. The summed E-state index contributed by atoms with van der Waals surface area (Å²) in [7, 11) is 0. The summed E-state index contributed by atoms with van der Waals surface area (Å²) in [4.78, 5) is 16.4. The number of carbonyl (C=O) groups is 1. The number of nitrogens with one attached hydrogen (secondary N) is 1. The smallest absolute Gasteiger partial charge is 0.226 e. The quantitative estimate of drug-likeness (QED) is 0.707. The van der Waals surface area contributed by atoms with E-state index < -0.39 is 0 Å². The molecular weight excluding hydrogens is 336 g/mol. The first kappa shape index (κ1) is 15.4. The van der Waals surface area contributed by atoms with Crippen LogP contribution >= 0.6 is 34.4 Å². The van der Waals surface area contributed by atoms with Crippen molar-refractivity contribution in [1.29, 1.82) is 0 Å². The zero-order valence-corrected chi connectivity index (χ0v) is 14.6. The zero-order valence-electron chi connectivity index (χ0n) is 12.1. The Morgan fingerprint density at radius 1 is 1.27 bits per heavy atom. The number of hydrogen-bond acceptors (Lipinski definition) is 7. The molecule has 2 heterocycles. The van der Waals surface area contributed by atoms with Crippen LogP contribution in [0.2, 0.25) is 0 Å². The molecule has 0 saturated heterocycles. The number of nitrogens with zero attached hydrogens (tertiary/aromatic N) is 3. The van der Waals surface area contributed by atoms with Gasteiger partial charge in [0.1, 0.15) is 5.01 Å². The Balaban J connectivity index is 1.54. The van der Waals surface area contributed by atoms with Crippen molar-refractivity contribution in [2.45, 2.75) is 24.6 Å². The molecule has 1 amide bonds. The van der Waals surface area contributed by atoms with Crippen LogP contribution in [0.15, 0.2) is 22.5 Å². The van der Waals surface area contributed by atoms with Gasteiger partial charge in [-0.25, -0.2) is 4.98 Å². The summed E-state index contributed by atoms with van der Waals surface area (Å²) in [6.45, 7) is 3.97. The molecule has 114 valence electrons. The third-order valence-electron chi connectivity index (χ3n) is 2.85. The van der Waals surface area contributed by atoms with Gasteiger partial charge < -0.3 is 5.32 Å². The number of aryl methyl sites for hydroxylation is 2. The summed E-state index contributed by atoms with van der Waals surface area (Å²) in [5.74, 6) is 0.661. The highest BCUT2D eigenvalue weighted by Crippen LogP contribution is 2.27. The van der Waals surface area contributed by atoms with Crippen molar-refractivity contribution in [3.8, 4) is 0 Å². The fraction of sp³-hybridized carbons (Fsp3) is 0.286. The average molecular weight is 350 g/mol. The number of benzene rings is 1. The van der Waals surface area contributed by atoms with Crippen LogP contribution in [0.1, 0.15) is 17.0 Å². The maximum atomic E-state index is 12.0. The third-order valence-corrected chi connectivity index (χ3v) is 5.76.